The number of carbonyl (C=O) groups is 1. The van der Waals surface area contributed by atoms with Gasteiger partial charge in [-0.1, -0.05) is 11.6 Å². The van der Waals surface area contributed by atoms with E-state index in [1.54, 1.807) is 29.4 Å². The molecule has 1 aliphatic rings. The summed E-state index contributed by atoms with van der Waals surface area (Å²) in [4.78, 5) is 18.8. The molecule has 2 N–H and O–H groups in total. The maximum absolute atomic E-state index is 12.4. The number of anilines is 1. The maximum Gasteiger partial charge on any atom is 0.240 e. The predicted molar refractivity (Wildman–Crippen MR) is 108 cm³/mol. The van der Waals surface area contributed by atoms with E-state index < -0.39 is 16.1 Å². The molecule has 2 aromatic rings. The molecule has 27 heavy (non-hydrogen) atoms. The highest BCUT2D eigenvalue weighted by molar-refractivity contribution is 7.92. The number of amides is 1. The summed E-state index contributed by atoms with van der Waals surface area (Å²) in [5, 5.41) is 4.27. The van der Waals surface area contributed by atoms with E-state index in [2.05, 4.69) is 15.0 Å². The largest absolute Gasteiger partial charge is 0.383 e. The molecule has 10 heteroatoms. The lowest BCUT2D eigenvalue weighted by atomic mass is 10.3. The van der Waals surface area contributed by atoms with Gasteiger partial charge in [0.25, 0.3) is 0 Å². The highest BCUT2D eigenvalue weighted by Gasteiger charge is 2.33. The van der Waals surface area contributed by atoms with Crippen LogP contribution < -0.4 is 10.0 Å². The summed E-state index contributed by atoms with van der Waals surface area (Å²) < 4.78 is 27.4. The minimum atomic E-state index is -3.71. The Hall–Kier alpha value is -1.94. The lowest BCUT2D eigenvalue weighted by Gasteiger charge is -2.17. The van der Waals surface area contributed by atoms with Gasteiger partial charge in [0.15, 0.2) is 0 Å². The summed E-state index contributed by atoms with van der Waals surface area (Å²) in [6.45, 7) is 1.60. The van der Waals surface area contributed by atoms with Crippen LogP contribution in [0.25, 0.3) is 6.08 Å². The first-order chi connectivity index (χ1) is 12.9. The van der Waals surface area contributed by atoms with Crippen LogP contribution in [0, 0.1) is 0 Å². The SMILES string of the molecule is O=C1C(NS(=O)(=O)C=Cc2ccc(Cl)s2)CCN1CCNc1ccncc1. The van der Waals surface area contributed by atoms with E-state index in [4.69, 9.17) is 11.6 Å². The second-order valence-corrected chi connectivity index (χ2v) is 9.28. The zero-order chi connectivity index (χ0) is 19.3. The monoisotopic (exact) mass is 426 g/mol. The molecule has 1 amide bonds. The molecular weight excluding hydrogens is 408 g/mol. The van der Waals surface area contributed by atoms with Gasteiger partial charge >= 0.3 is 0 Å². The van der Waals surface area contributed by atoms with Crippen molar-refractivity contribution < 1.29 is 13.2 Å². The normalized spacial score (nSPS) is 17.7. The summed E-state index contributed by atoms with van der Waals surface area (Å²) in [5.74, 6) is -0.206. The smallest absolute Gasteiger partial charge is 0.240 e. The topological polar surface area (TPSA) is 91.4 Å². The van der Waals surface area contributed by atoms with Crippen molar-refractivity contribution in [2.45, 2.75) is 12.5 Å². The number of aromatic nitrogens is 1. The van der Waals surface area contributed by atoms with Gasteiger partial charge in [0, 0.05) is 48.0 Å². The van der Waals surface area contributed by atoms with Gasteiger partial charge in [-0.2, -0.15) is 4.72 Å². The first kappa shape index (κ1) is 19.8. The van der Waals surface area contributed by atoms with Crippen LogP contribution in [0.1, 0.15) is 11.3 Å². The molecule has 0 aliphatic carbocycles. The molecule has 144 valence electrons. The summed E-state index contributed by atoms with van der Waals surface area (Å²) in [6.07, 6.45) is 5.29. The van der Waals surface area contributed by atoms with Crippen LogP contribution in [0.5, 0.6) is 0 Å². The molecule has 1 atom stereocenters. The van der Waals surface area contributed by atoms with Gasteiger partial charge in [0.05, 0.1) is 4.34 Å². The first-order valence-corrected chi connectivity index (χ1v) is 11.1. The highest BCUT2D eigenvalue weighted by atomic mass is 35.5. The average Bonchev–Trinajstić information content (AvgIpc) is 3.21. The van der Waals surface area contributed by atoms with E-state index >= 15 is 0 Å². The van der Waals surface area contributed by atoms with Crippen LogP contribution >= 0.6 is 22.9 Å². The Morgan fingerprint density at radius 2 is 2.07 bits per heavy atom. The zero-order valence-electron chi connectivity index (χ0n) is 14.3. The van der Waals surface area contributed by atoms with Crippen molar-refractivity contribution in [1.82, 2.24) is 14.6 Å². The molecular formula is C17H19ClN4O3S2. The standard InChI is InChI=1S/C17H19ClN4O3S2/c18-16-2-1-14(26-16)6-12-27(24,25)21-15-5-10-22(17(15)23)11-9-20-13-3-7-19-8-4-13/h1-4,6-8,12,15,21H,5,9-11H2,(H,19,20). The molecule has 1 unspecified atom stereocenters. The fourth-order valence-electron chi connectivity index (χ4n) is 2.69. The van der Waals surface area contributed by atoms with Crippen molar-refractivity contribution in [3.8, 4) is 0 Å². The molecule has 0 aromatic carbocycles. The first-order valence-electron chi connectivity index (χ1n) is 8.31. The van der Waals surface area contributed by atoms with Crippen molar-refractivity contribution in [3.63, 3.8) is 0 Å². The van der Waals surface area contributed by atoms with E-state index in [9.17, 15) is 13.2 Å². The van der Waals surface area contributed by atoms with Crippen LogP contribution in [0.2, 0.25) is 4.34 Å². The van der Waals surface area contributed by atoms with Gasteiger partial charge in [0.2, 0.25) is 15.9 Å². The molecule has 1 fully saturated rings. The third kappa shape index (κ3) is 5.77. The lowest BCUT2D eigenvalue weighted by Crippen LogP contribution is -2.41. The number of hydrogen-bond acceptors (Lipinski definition) is 6. The maximum atomic E-state index is 12.4. The Kier molecular flexibility index (Phi) is 6.48. The van der Waals surface area contributed by atoms with Crippen LogP contribution in [-0.4, -0.2) is 49.9 Å². The third-order valence-electron chi connectivity index (χ3n) is 4.00. The molecule has 0 bridgehead atoms. The number of pyridine rings is 1. The summed E-state index contributed by atoms with van der Waals surface area (Å²) in [5.41, 5.74) is 0.924. The highest BCUT2D eigenvalue weighted by Crippen LogP contribution is 2.22. The molecule has 0 radical (unpaired) electrons. The van der Waals surface area contributed by atoms with E-state index in [0.717, 1.165) is 16.0 Å². The number of halogens is 1. The van der Waals surface area contributed by atoms with Crippen LogP contribution in [0.15, 0.2) is 42.1 Å². The van der Waals surface area contributed by atoms with Crippen molar-refractivity contribution in [3.05, 3.63) is 51.3 Å². The molecule has 0 saturated carbocycles. The van der Waals surface area contributed by atoms with E-state index in [-0.39, 0.29) is 5.91 Å². The molecule has 7 nitrogen and oxygen atoms in total. The molecule has 3 heterocycles. The Morgan fingerprint density at radius 3 is 2.78 bits per heavy atom. The van der Waals surface area contributed by atoms with Crippen LogP contribution in [0.3, 0.4) is 0 Å². The number of nitrogens with zero attached hydrogens (tertiary/aromatic N) is 2. The predicted octanol–water partition coefficient (Wildman–Crippen LogP) is 2.40. The number of nitrogens with one attached hydrogen (secondary N) is 2. The zero-order valence-corrected chi connectivity index (χ0v) is 16.7. The summed E-state index contributed by atoms with van der Waals surface area (Å²) >= 11 is 7.10. The van der Waals surface area contributed by atoms with E-state index in [1.165, 1.54) is 17.4 Å². The molecule has 3 rings (SSSR count). The summed E-state index contributed by atoms with van der Waals surface area (Å²) in [7, 11) is -3.71. The number of hydrogen-bond donors (Lipinski definition) is 2. The van der Waals surface area contributed by atoms with Crippen LogP contribution in [-0.2, 0) is 14.8 Å². The van der Waals surface area contributed by atoms with Gasteiger partial charge in [-0.3, -0.25) is 9.78 Å². The Balaban J connectivity index is 1.49. The van der Waals surface area contributed by atoms with Gasteiger partial charge in [-0.15, -0.1) is 11.3 Å². The van der Waals surface area contributed by atoms with Crippen molar-refractivity contribution in [2.24, 2.45) is 0 Å². The second kappa shape index (κ2) is 8.83. The number of rotatable bonds is 8. The Morgan fingerprint density at radius 1 is 1.30 bits per heavy atom. The van der Waals surface area contributed by atoms with Gasteiger partial charge in [-0.05, 0) is 36.8 Å². The molecule has 0 spiro atoms. The fraction of sp³-hybridized carbons (Fsp3) is 0.294. The Bertz CT molecular complexity index is 915. The quantitative estimate of drug-likeness (QED) is 0.676. The van der Waals surface area contributed by atoms with Crippen molar-refractivity contribution in [2.75, 3.05) is 25.0 Å². The lowest BCUT2D eigenvalue weighted by molar-refractivity contribution is -0.128. The number of carbonyl (C=O) groups excluding carboxylic acids is 1. The van der Waals surface area contributed by atoms with Crippen molar-refractivity contribution >= 4 is 50.6 Å². The molecule has 2 aromatic heterocycles. The second-order valence-electron chi connectivity index (χ2n) is 5.94. The van der Waals surface area contributed by atoms with E-state index in [1.807, 2.05) is 12.1 Å². The summed E-state index contributed by atoms with van der Waals surface area (Å²) in [6, 6.07) is 6.39. The van der Waals surface area contributed by atoms with Gasteiger partial charge in [-0.25, -0.2) is 8.42 Å². The molecule has 1 aliphatic heterocycles. The number of thiophene rings is 1. The Labute approximate surface area is 167 Å². The molecule has 1 saturated heterocycles. The average molecular weight is 427 g/mol. The number of likely N-dealkylation sites (tertiary alicyclic amines) is 1. The van der Waals surface area contributed by atoms with Gasteiger partial charge in [0.1, 0.15) is 6.04 Å². The minimum Gasteiger partial charge on any atom is -0.383 e. The van der Waals surface area contributed by atoms with Crippen LogP contribution in [0.4, 0.5) is 5.69 Å². The van der Waals surface area contributed by atoms with Crippen molar-refractivity contribution in [1.29, 1.82) is 0 Å². The minimum absolute atomic E-state index is 0.206. The fourth-order valence-corrected chi connectivity index (χ4v) is 4.76. The van der Waals surface area contributed by atoms with E-state index in [0.29, 0.717) is 30.4 Å². The number of sulfonamides is 1. The third-order valence-corrected chi connectivity index (χ3v) is 6.30. The van der Waals surface area contributed by atoms with Gasteiger partial charge < -0.3 is 10.2 Å².